The van der Waals surface area contributed by atoms with Gasteiger partial charge >= 0.3 is 0 Å². The molecule has 2 heterocycles. The van der Waals surface area contributed by atoms with Crippen molar-refractivity contribution < 1.29 is 14.3 Å². The summed E-state index contributed by atoms with van der Waals surface area (Å²) in [5.41, 5.74) is 0. The Morgan fingerprint density at radius 3 is 2.92 bits per heavy atom. The van der Waals surface area contributed by atoms with Crippen molar-refractivity contribution in [2.24, 2.45) is 0 Å². The first kappa shape index (κ1) is 18.1. The van der Waals surface area contributed by atoms with Gasteiger partial charge in [0.25, 0.3) is 0 Å². The average molecular weight is 360 g/mol. The molecule has 0 fully saturated rings. The van der Waals surface area contributed by atoms with E-state index in [0.717, 1.165) is 5.75 Å². The number of carbonyl (C=O) groups is 1. The fourth-order valence-corrected chi connectivity index (χ4v) is 2.45. The summed E-state index contributed by atoms with van der Waals surface area (Å²) in [5, 5.41) is 14.4. The molecule has 1 aliphatic rings. The van der Waals surface area contributed by atoms with Gasteiger partial charge < -0.3 is 14.8 Å². The Morgan fingerprint density at radius 2 is 2.15 bits per heavy atom. The number of fused-ring (bicyclic) bond motifs is 1. The highest BCUT2D eigenvalue weighted by Gasteiger charge is 2.21. The Morgan fingerprint density at radius 1 is 1.38 bits per heavy atom. The molecular weight excluding hydrogens is 336 g/mol. The molecule has 2 aromatic rings. The highest BCUT2D eigenvalue weighted by Crippen LogP contribution is 2.30. The van der Waals surface area contributed by atoms with Crippen LogP contribution in [0.1, 0.15) is 19.7 Å². The van der Waals surface area contributed by atoms with Gasteiger partial charge in [0.15, 0.2) is 17.3 Å². The zero-order valence-electron chi connectivity index (χ0n) is 15.3. The number of ether oxygens (including phenoxy) is 2. The molecule has 0 aliphatic carbocycles. The molecule has 0 saturated carbocycles. The van der Waals surface area contributed by atoms with Gasteiger partial charge in [0.05, 0.1) is 13.1 Å². The fourth-order valence-electron chi connectivity index (χ4n) is 2.45. The van der Waals surface area contributed by atoms with E-state index < -0.39 is 0 Å². The number of nitrogens with zero attached hydrogens (tertiary/aromatic N) is 5. The normalized spacial score (nSPS) is 16.1. The van der Waals surface area contributed by atoms with Gasteiger partial charge in [-0.15, -0.1) is 5.10 Å². The van der Waals surface area contributed by atoms with Crippen molar-refractivity contribution in [3.8, 4) is 11.5 Å². The molecule has 1 N–H and O–H groups in total. The largest absolute Gasteiger partial charge is 0.486 e. The Labute approximate surface area is 152 Å². The second-order valence-electron chi connectivity index (χ2n) is 6.56. The summed E-state index contributed by atoms with van der Waals surface area (Å²) in [4.78, 5) is 14.3. The second kappa shape index (κ2) is 8.13. The van der Waals surface area contributed by atoms with E-state index in [1.807, 2.05) is 31.3 Å². The first-order chi connectivity index (χ1) is 12.5. The SMILES string of the molecule is CC(C)N(C)Cc1nnnn1CC(=O)NC[C@H]1COc2ccccc2O1. The highest BCUT2D eigenvalue weighted by molar-refractivity contribution is 5.75. The third kappa shape index (κ3) is 4.48. The van der Waals surface area contributed by atoms with Crippen LogP contribution >= 0.6 is 0 Å². The molecule has 9 nitrogen and oxygen atoms in total. The van der Waals surface area contributed by atoms with Crippen LogP contribution in [0.4, 0.5) is 0 Å². The zero-order valence-corrected chi connectivity index (χ0v) is 15.3. The number of amides is 1. The van der Waals surface area contributed by atoms with Gasteiger partial charge in [-0.25, -0.2) is 4.68 Å². The first-order valence-electron chi connectivity index (χ1n) is 8.63. The van der Waals surface area contributed by atoms with Crippen molar-refractivity contribution in [2.75, 3.05) is 20.2 Å². The molecule has 140 valence electrons. The third-order valence-corrected chi connectivity index (χ3v) is 4.27. The van der Waals surface area contributed by atoms with Crippen molar-refractivity contribution >= 4 is 5.91 Å². The van der Waals surface area contributed by atoms with Crippen molar-refractivity contribution in [3.63, 3.8) is 0 Å². The van der Waals surface area contributed by atoms with Crippen LogP contribution < -0.4 is 14.8 Å². The van der Waals surface area contributed by atoms with E-state index in [4.69, 9.17) is 9.47 Å². The van der Waals surface area contributed by atoms with E-state index in [9.17, 15) is 4.79 Å². The van der Waals surface area contributed by atoms with Gasteiger partial charge in [-0.2, -0.15) is 0 Å². The topological polar surface area (TPSA) is 94.4 Å². The summed E-state index contributed by atoms with van der Waals surface area (Å²) in [6, 6.07) is 7.85. The highest BCUT2D eigenvalue weighted by atomic mass is 16.6. The summed E-state index contributed by atoms with van der Waals surface area (Å²) in [6.45, 7) is 5.58. The lowest BCUT2D eigenvalue weighted by Gasteiger charge is -2.26. The number of carbonyl (C=O) groups excluding carboxylic acids is 1. The van der Waals surface area contributed by atoms with Crippen molar-refractivity contribution in [1.29, 1.82) is 0 Å². The minimum absolute atomic E-state index is 0.0679. The number of tetrazole rings is 1. The minimum atomic E-state index is -0.228. The average Bonchev–Trinajstić information content (AvgIpc) is 3.06. The van der Waals surface area contributed by atoms with Crippen LogP contribution in [0.2, 0.25) is 0 Å². The van der Waals surface area contributed by atoms with E-state index in [-0.39, 0.29) is 18.6 Å². The summed E-state index contributed by atoms with van der Waals surface area (Å²) >= 11 is 0. The van der Waals surface area contributed by atoms with Gasteiger partial charge in [0.1, 0.15) is 19.3 Å². The van der Waals surface area contributed by atoms with E-state index in [2.05, 4.69) is 39.6 Å². The van der Waals surface area contributed by atoms with Gasteiger partial charge in [-0.1, -0.05) is 12.1 Å². The molecule has 1 aromatic heterocycles. The van der Waals surface area contributed by atoms with Crippen LogP contribution in [0.15, 0.2) is 24.3 Å². The smallest absolute Gasteiger partial charge is 0.242 e. The second-order valence-corrected chi connectivity index (χ2v) is 6.56. The molecule has 0 bridgehead atoms. The predicted octanol–water partition coefficient (Wildman–Crippen LogP) is 0.470. The minimum Gasteiger partial charge on any atom is -0.486 e. The van der Waals surface area contributed by atoms with Crippen LogP contribution in [0.25, 0.3) is 0 Å². The van der Waals surface area contributed by atoms with Gasteiger partial charge in [0.2, 0.25) is 5.91 Å². The van der Waals surface area contributed by atoms with Crippen LogP contribution in [-0.2, 0) is 17.9 Å². The number of rotatable bonds is 7. The molecular formula is C17H24N6O3. The molecule has 1 amide bonds. The summed E-state index contributed by atoms with van der Waals surface area (Å²) in [6.07, 6.45) is -0.228. The summed E-state index contributed by atoms with van der Waals surface area (Å²) in [7, 11) is 1.99. The molecule has 0 unspecified atom stereocenters. The number of hydrogen-bond acceptors (Lipinski definition) is 7. The van der Waals surface area contributed by atoms with E-state index in [1.165, 1.54) is 4.68 Å². The number of para-hydroxylation sites is 2. The zero-order chi connectivity index (χ0) is 18.5. The van der Waals surface area contributed by atoms with Gasteiger partial charge in [-0.05, 0) is 43.5 Å². The molecule has 1 aromatic carbocycles. The quantitative estimate of drug-likeness (QED) is 0.767. The standard InChI is InChI=1S/C17H24N6O3/c1-12(2)22(3)9-16-19-20-21-23(16)10-17(24)18-8-13-11-25-14-6-4-5-7-15(14)26-13/h4-7,12-13H,8-11H2,1-3H3,(H,18,24)/t13-/m0/s1. The van der Waals surface area contributed by atoms with E-state index in [0.29, 0.717) is 37.3 Å². The maximum Gasteiger partial charge on any atom is 0.242 e. The molecule has 1 atom stereocenters. The first-order valence-corrected chi connectivity index (χ1v) is 8.63. The van der Waals surface area contributed by atoms with Crippen molar-refractivity contribution in [2.45, 2.75) is 39.1 Å². The maximum atomic E-state index is 12.2. The molecule has 9 heteroatoms. The van der Waals surface area contributed by atoms with E-state index >= 15 is 0 Å². The van der Waals surface area contributed by atoms with Gasteiger partial charge in [0, 0.05) is 6.04 Å². The number of hydrogen-bond donors (Lipinski definition) is 1. The lowest BCUT2D eigenvalue weighted by Crippen LogP contribution is -2.42. The lowest BCUT2D eigenvalue weighted by molar-refractivity contribution is -0.122. The van der Waals surface area contributed by atoms with Crippen molar-refractivity contribution in [3.05, 3.63) is 30.1 Å². The molecule has 0 spiro atoms. The van der Waals surface area contributed by atoms with Crippen LogP contribution in [0.5, 0.6) is 11.5 Å². The molecule has 3 rings (SSSR count). The number of benzene rings is 1. The molecule has 0 radical (unpaired) electrons. The number of aromatic nitrogens is 4. The van der Waals surface area contributed by atoms with Gasteiger partial charge in [-0.3, -0.25) is 9.69 Å². The number of nitrogens with one attached hydrogen (secondary N) is 1. The predicted molar refractivity (Wildman–Crippen MR) is 93.8 cm³/mol. The Kier molecular flexibility index (Phi) is 5.67. The summed E-state index contributed by atoms with van der Waals surface area (Å²) < 4.78 is 13.0. The monoisotopic (exact) mass is 360 g/mol. The Balaban J connectivity index is 1.49. The molecule has 26 heavy (non-hydrogen) atoms. The van der Waals surface area contributed by atoms with Crippen LogP contribution in [0, 0.1) is 0 Å². The molecule has 0 saturated heterocycles. The Bertz CT molecular complexity index is 748. The maximum absolute atomic E-state index is 12.2. The molecule has 1 aliphatic heterocycles. The lowest BCUT2D eigenvalue weighted by atomic mass is 10.2. The van der Waals surface area contributed by atoms with Crippen molar-refractivity contribution in [1.82, 2.24) is 30.4 Å². The van der Waals surface area contributed by atoms with E-state index in [1.54, 1.807) is 0 Å². The fraction of sp³-hybridized carbons (Fsp3) is 0.529. The van der Waals surface area contributed by atoms with Crippen LogP contribution in [-0.4, -0.2) is 63.4 Å². The summed E-state index contributed by atoms with van der Waals surface area (Å²) in [5.74, 6) is 1.90. The van der Waals surface area contributed by atoms with Crippen LogP contribution in [0.3, 0.4) is 0 Å². The Hall–Kier alpha value is -2.68. The third-order valence-electron chi connectivity index (χ3n) is 4.27.